The molecule has 0 bridgehead atoms. The van der Waals surface area contributed by atoms with Crippen LogP contribution < -0.4 is 11.1 Å². The number of piperidine rings is 1. The molecule has 2 rings (SSSR count). The molecule has 1 saturated heterocycles. The van der Waals surface area contributed by atoms with Crippen LogP contribution in [-0.4, -0.2) is 35.8 Å². The van der Waals surface area contributed by atoms with Gasteiger partial charge in [-0.25, -0.2) is 8.78 Å². The van der Waals surface area contributed by atoms with Gasteiger partial charge in [0, 0.05) is 37.7 Å². The topological polar surface area (TPSA) is 75.4 Å². The smallest absolute Gasteiger partial charge is 0.225 e. The SMILES string of the molecule is CC(=O)NC(CC(=O)N1CCCCC1CN)c1ccc(F)cc1F. The molecule has 2 unspecified atom stereocenters. The van der Waals surface area contributed by atoms with Gasteiger partial charge in [-0.1, -0.05) is 6.07 Å². The third-order valence-corrected chi connectivity index (χ3v) is 4.31. The molecule has 5 nitrogen and oxygen atoms in total. The zero-order valence-corrected chi connectivity index (χ0v) is 13.7. The summed E-state index contributed by atoms with van der Waals surface area (Å²) in [6.07, 6.45) is 2.68. The predicted octanol–water partition coefficient (Wildman–Crippen LogP) is 1.87. The summed E-state index contributed by atoms with van der Waals surface area (Å²) in [6.45, 7) is 2.28. The zero-order chi connectivity index (χ0) is 17.7. The lowest BCUT2D eigenvalue weighted by Crippen LogP contribution is -2.48. The molecule has 1 heterocycles. The quantitative estimate of drug-likeness (QED) is 0.860. The fourth-order valence-electron chi connectivity index (χ4n) is 3.13. The highest BCUT2D eigenvalue weighted by Crippen LogP contribution is 2.24. The molecule has 1 aromatic rings. The van der Waals surface area contributed by atoms with E-state index in [1.54, 1.807) is 4.90 Å². The first kappa shape index (κ1) is 18.3. The van der Waals surface area contributed by atoms with E-state index in [9.17, 15) is 18.4 Å². The van der Waals surface area contributed by atoms with E-state index in [1.165, 1.54) is 13.0 Å². The van der Waals surface area contributed by atoms with E-state index in [0.717, 1.165) is 31.4 Å². The lowest BCUT2D eigenvalue weighted by Gasteiger charge is -2.36. The maximum absolute atomic E-state index is 14.1. The van der Waals surface area contributed by atoms with Crippen molar-refractivity contribution in [3.8, 4) is 0 Å². The maximum atomic E-state index is 14.1. The minimum Gasteiger partial charge on any atom is -0.349 e. The Kier molecular flexibility index (Phi) is 6.25. The highest BCUT2D eigenvalue weighted by molar-refractivity contribution is 5.79. The van der Waals surface area contributed by atoms with Crippen molar-refractivity contribution >= 4 is 11.8 Å². The zero-order valence-electron chi connectivity index (χ0n) is 13.7. The molecule has 0 saturated carbocycles. The molecular formula is C17H23F2N3O2. The van der Waals surface area contributed by atoms with E-state index in [4.69, 9.17) is 5.73 Å². The van der Waals surface area contributed by atoms with Gasteiger partial charge in [0.05, 0.1) is 12.5 Å². The van der Waals surface area contributed by atoms with Crippen LogP contribution in [0.15, 0.2) is 18.2 Å². The average Bonchev–Trinajstić information content (AvgIpc) is 2.53. The number of nitrogens with zero attached hydrogens (tertiary/aromatic N) is 1. The molecule has 24 heavy (non-hydrogen) atoms. The number of hydrogen-bond acceptors (Lipinski definition) is 3. The Balaban J connectivity index is 2.18. The van der Waals surface area contributed by atoms with E-state index in [2.05, 4.69) is 5.32 Å². The van der Waals surface area contributed by atoms with Crippen LogP contribution in [-0.2, 0) is 9.59 Å². The van der Waals surface area contributed by atoms with Crippen LogP contribution in [0.1, 0.15) is 44.2 Å². The summed E-state index contributed by atoms with van der Waals surface area (Å²) < 4.78 is 27.2. The minimum atomic E-state index is -0.837. The molecule has 3 N–H and O–H groups in total. The highest BCUT2D eigenvalue weighted by atomic mass is 19.1. The Hall–Kier alpha value is -2.02. The number of halogens is 2. The van der Waals surface area contributed by atoms with Gasteiger partial charge in [0.2, 0.25) is 11.8 Å². The second kappa shape index (κ2) is 8.19. The van der Waals surface area contributed by atoms with E-state index in [-0.39, 0.29) is 29.8 Å². The number of nitrogens with one attached hydrogen (secondary N) is 1. The van der Waals surface area contributed by atoms with Gasteiger partial charge in [0.1, 0.15) is 11.6 Å². The number of benzene rings is 1. The predicted molar refractivity (Wildman–Crippen MR) is 85.9 cm³/mol. The Labute approximate surface area is 140 Å². The number of nitrogens with two attached hydrogens (primary N) is 1. The van der Waals surface area contributed by atoms with E-state index in [1.807, 2.05) is 0 Å². The van der Waals surface area contributed by atoms with Crippen LogP contribution >= 0.6 is 0 Å². The number of rotatable bonds is 5. The van der Waals surface area contributed by atoms with Crippen LogP contribution in [0.4, 0.5) is 8.78 Å². The molecule has 2 atom stereocenters. The third-order valence-electron chi connectivity index (χ3n) is 4.31. The summed E-state index contributed by atoms with van der Waals surface area (Å²) in [5, 5.41) is 2.58. The van der Waals surface area contributed by atoms with Crippen LogP contribution in [0.25, 0.3) is 0 Å². The summed E-state index contributed by atoms with van der Waals surface area (Å²) in [4.78, 5) is 25.8. The molecule has 132 valence electrons. The molecule has 1 fully saturated rings. The van der Waals surface area contributed by atoms with Crippen molar-refractivity contribution in [3.63, 3.8) is 0 Å². The Morgan fingerprint density at radius 1 is 1.38 bits per heavy atom. The van der Waals surface area contributed by atoms with Gasteiger partial charge < -0.3 is 16.0 Å². The Morgan fingerprint density at radius 3 is 2.75 bits per heavy atom. The normalized spacial score (nSPS) is 19.0. The van der Waals surface area contributed by atoms with Gasteiger partial charge in [0.25, 0.3) is 0 Å². The van der Waals surface area contributed by atoms with Crippen molar-refractivity contribution in [1.82, 2.24) is 10.2 Å². The molecule has 0 spiro atoms. The van der Waals surface area contributed by atoms with Crippen molar-refractivity contribution in [2.45, 2.75) is 44.7 Å². The number of hydrogen-bond donors (Lipinski definition) is 2. The molecule has 1 aliphatic rings. The fraction of sp³-hybridized carbons (Fsp3) is 0.529. The molecule has 0 aliphatic carbocycles. The van der Waals surface area contributed by atoms with Crippen LogP contribution in [0.5, 0.6) is 0 Å². The molecule has 0 aromatic heterocycles. The summed E-state index contributed by atoms with van der Waals surface area (Å²) in [6, 6.07) is 2.26. The monoisotopic (exact) mass is 339 g/mol. The second-order valence-electron chi connectivity index (χ2n) is 6.10. The lowest BCUT2D eigenvalue weighted by atomic mass is 9.98. The van der Waals surface area contributed by atoms with Crippen molar-refractivity contribution in [2.75, 3.05) is 13.1 Å². The second-order valence-corrected chi connectivity index (χ2v) is 6.10. The lowest BCUT2D eigenvalue weighted by molar-refractivity contribution is -0.135. The van der Waals surface area contributed by atoms with Gasteiger partial charge in [-0.2, -0.15) is 0 Å². The van der Waals surface area contributed by atoms with Crippen molar-refractivity contribution in [2.24, 2.45) is 5.73 Å². The summed E-state index contributed by atoms with van der Waals surface area (Å²) in [7, 11) is 0. The first-order valence-electron chi connectivity index (χ1n) is 8.14. The minimum absolute atomic E-state index is 0.0257. The van der Waals surface area contributed by atoms with Crippen LogP contribution in [0.3, 0.4) is 0 Å². The molecule has 1 aromatic carbocycles. The first-order valence-corrected chi connectivity index (χ1v) is 8.14. The number of carbonyl (C=O) groups is 2. The Morgan fingerprint density at radius 2 is 2.12 bits per heavy atom. The van der Waals surface area contributed by atoms with E-state index >= 15 is 0 Å². The van der Waals surface area contributed by atoms with Gasteiger partial charge in [0.15, 0.2) is 0 Å². The summed E-state index contributed by atoms with van der Waals surface area (Å²) >= 11 is 0. The van der Waals surface area contributed by atoms with Crippen LogP contribution in [0, 0.1) is 11.6 Å². The third kappa shape index (κ3) is 4.50. The summed E-state index contributed by atoms with van der Waals surface area (Å²) in [5.74, 6) is -2.06. The number of amides is 2. The van der Waals surface area contributed by atoms with Gasteiger partial charge >= 0.3 is 0 Å². The van der Waals surface area contributed by atoms with Gasteiger partial charge in [-0.05, 0) is 25.3 Å². The molecule has 7 heteroatoms. The Bertz CT molecular complexity index is 609. The maximum Gasteiger partial charge on any atom is 0.225 e. The molecule has 0 radical (unpaired) electrons. The first-order chi connectivity index (χ1) is 11.4. The average molecular weight is 339 g/mol. The molecule has 2 amide bonds. The largest absolute Gasteiger partial charge is 0.349 e. The standard InChI is InChI=1S/C17H23F2N3O2/c1-11(23)21-16(14-6-5-12(18)8-15(14)19)9-17(24)22-7-3-2-4-13(22)10-20/h5-6,8,13,16H,2-4,7,9-10,20H2,1H3,(H,21,23). The van der Waals surface area contributed by atoms with E-state index in [0.29, 0.717) is 13.1 Å². The van der Waals surface area contributed by atoms with Crippen molar-refractivity contribution in [3.05, 3.63) is 35.4 Å². The summed E-state index contributed by atoms with van der Waals surface area (Å²) in [5.41, 5.74) is 5.83. The number of likely N-dealkylation sites (tertiary alicyclic amines) is 1. The number of carbonyl (C=O) groups excluding carboxylic acids is 2. The van der Waals surface area contributed by atoms with Crippen LogP contribution in [0.2, 0.25) is 0 Å². The van der Waals surface area contributed by atoms with Crippen molar-refractivity contribution < 1.29 is 18.4 Å². The van der Waals surface area contributed by atoms with Gasteiger partial charge in [-0.3, -0.25) is 9.59 Å². The molecule has 1 aliphatic heterocycles. The van der Waals surface area contributed by atoms with E-state index < -0.39 is 17.7 Å². The van der Waals surface area contributed by atoms with Crippen molar-refractivity contribution in [1.29, 1.82) is 0 Å². The highest BCUT2D eigenvalue weighted by Gasteiger charge is 2.29. The molecular weight excluding hydrogens is 316 g/mol. The van der Waals surface area contributed by atoms with Gasteiger partial charge in [-0.15, -0.1) is 0 Å². The fourth-order valence-corrected chi connectivity index (χ4v) is 3.13.